The molecular weight excluding hydrogens is 162 g/mol. The fourth-order valence-corrected chi connectivity index (χ4v) is 0. The van der Waals surface area contributed by atoms with Crippen LogP contribution in [0.5, 0.6) is 0 Å². The standard InChI is InChI=1S/AsH3.Cl2O/c;1-3-2/h1H3;. The normalized spacial score (nSPS) is 4.50. The van der Waals surface area contributed by atoms with Crippen molar-refractivity contribution in [3.63, 3.8) is 0 Å². The van der Waals surface area contributed by atoms with E-state index in [1.807, 2.05) is 0 Å². The molecule has 0 aliphatic heterocycles. The van der Waals surface area contributed by atoms with Gasteiger partial charge in [0.25, 0.3) is 0 Å². The van der Waals surface area contributed by atoms with Crippen molar-refractivity contribution in [3.05, 3.63) is 0 Å². The zero-order valence-corrected chi connectivity index (χ0v) is 6.35. The van der Waals surface area contributed by atoms with Crippen LogP contribution in [0.2, 0.25) is 0 Å². The fraction of sp³-hybridized carbons (Fsp3) is 0. The van der Waals surface area contributed by atoms with Crippen LogP contribution in [0.25, 0.3) is 0 Å². The summed E-state index contributed by atoms with van der Waals surface area (Å²) in [5.41, 5.74) is 0. The Labute approximate surface area is 45.9 Å². The van der Waals surface area contributed by atoms with Gasteiger partial charge in [0.1, 0.15) is 0 Å². The first-order valence-electron chi connectivity index (χ1n) is 0.309. The molecule has 0 fully saturated rings. The van der Waals surface area contributed by atoms with Crippen LogP contribution in [-0.4, -0.2) is 18.0 Å². The molecule has 0 saturated heterocycles. The van der Waals surface area contributed by atoms with Crippen LogP contribution < -0.4 is 0 Å². The molecule has 0 rings (SSSR count). The Morgan fingerprint density at radius 3 is 1.25 bits per heavy atom. The van der Waals surface area contributed by atoms with Crippen molar-refractivity contribution in [1.29, 1.82) is 0 Å². The number of halogens is 2. The molecule has 4 heavy (non-hydrogen) atoms. The molecule has 0 spiro atoms. The molecule has 0 N–H and O–H groups in total. The second kappa shape index (κ2) is 8.94. The van der Waals surface area contributed by atoms with Gasteiger partial charge in [0.2, 0.25) is 0 Å². The van der Waals surface area contributed by atoms with Crippen LogP contribution in [0, 0.1) is 0 Å². The van der Waals surface area contributed by atoms with Crippen LogP contribution in [0.15, 0.2) is 0 Å². The van der Waals surface area contributed by atoms with E-state index in [-0.39, 0.29) is 18.0 Å². The van der Waals surface area contributed by atoms with Crippen molar-refractivity contribution in [2.75, 3.05) is 0 Å². The van der Waals surface area contributed by atoms with E-state index in [0.29, 0.717) is 0 Å². The predicted octanol–water partition coefficient (Wildman–Crippen LogP) is 0.127. The Morgan fingerprint density at radius 1 is 1.25 bits per heavy atom. The summed E-state index contributed by atoms with van der Waals surface area (Å²) in [7, 11) is 0. The first kappa shape index (κ1) is 8.92. The van der Waals surface area contributed by atoms with Crippen LogP contribution in [-0.2, 0) is 3.84 Å². The zero-order chi connectivity index (χ0) is 2.71. The van der Waals surface area contributed by atoms with Gasteiger partial charge in [-0.3, -0.25) is 0 Å². The number of rotatable bonds is 0. The predicted molar refractivity (Wildman–Crippen MR) is 22.7 cm³/mol. The van der Waals surface area contributed by atoms with Gasteiger partial charge in [0, 0.05) is 0 Å². The molecule has 0 aliphatic carbocycles. The van der Waals surface area contributed by atoms with Gasteiger partial charge in [-0.25, -0.2) is 0 Å². The molecule has 0 radical (unpaired) electrons. The van der Waals surface area contributed by atoms with Crippen LogP contribution >= 0.6 is 23.7 Å². The van der Waals surface area contributed by atoms with Gasteiger partial charge in [0.15, 0.2) is 0 Å². The number of hydrogen-bond donors (Lipinski definition) is 0. The van der Waals surface area contributed by atoms with Gasteiger partial charge in [-0.1, -0.05) is 0 Å². The molecule has 0 saturated carbocycles. The molecule has 1 atom stereocenters. The summed E-state index contributed by atoms with van der Waals surface area (Å²) in [6.45, 7) is 0. The molecule has 0 bridgehead atoms. The van der Waals surface area contributed by atoms with Crippen molar-refractivity contribution in [3.8, 4) is 0 Å². The summed E-state index contributed by atoms with van der Waals surface area (Å²) < 4.78 is 3.19. The van der Waals surface area contributed by atoms with Gasteiger partial charge < -0.3 is 0 Å². The van der Waals surface area contributed by atoms with Gasteiger partial charge in [0.05, 0.1) is 23.7 Å². The SMILES string of the molecule is ClOCl.[AsH3]. The van der Waals surface area contributed by atoms with E-state index in [0.717, 1.165) is 0 Å². The Kier molecular flexibility index (Phi) is 19.9. The van der Waals surface area contributed by atoms with E-state index >= 15 is 0 Å². The van der Waals surface area contributed by atoms with Crippen molar-refractivity contribution in [1.82, 2.24) is 0 Å². The molecule has 1 nitrogen and oxygen atoms in total. The van der Waals surface area contributed by atoms with Crippen molar-refractivity contribution in [2.24, 2.45) is 0 Å². The Balaban J connectivity index is 0. The summed E-state index contributed by atoms with van der Waals surface area (Å²) in [5, 5.41) is 0. The van der Waals surface area contributed by atoms with E-state index in [9.17, 15) is 0 Å². The van der Waals surface area contributed by atoms with Crippen molar-refractivity contribution >= 4 is 41.7 Å². The molecule has 0 aliphatic rings. The third-order valence-electron chi connectivity index (χ3n) is 0. The first-order chi connectivity index (χ1) is 1.41. The molecule has 0 aromatic rings. The number of hydrogen-bond acceptors (Lipinski definition) is 1. The molecular formula is H3AsCl2O. The van der Waals surface area contributed by atoms with E-state index in [4.69, 9.17) is 0 Å². The Bertz CT molecular complexity index is 6.00. The maximum atomic E-state index is 4.26. The average molecular weight is 165 g/mol. The van der Waals surface area contributed by atoms with Gasteiger partial charge in [-0.15, -0.1) is 0 Å². The molecule has 0 aromatic carbocycles. The summed E-state index contributed by atoms with van der Waals surface area (Å²) in [6.07, 6.45) is 0. The summed E-state index contributed by atoms with van der Waals surface area (Å²) in [4.78, 5) is 0. The summed E-state index contributed by atoms with van der Waals surface area (Å²) >= 11 is 8.53. The fourth-order valence-electron chi connectivity index (χ4n) is 0. The third-order valence-corrected chi connectivity index (χ3v) is 0. The maximum absolute atomic E-state index is 4.26. The van der Waals surface area contributed by atoms with Gasteiger partial charge in [-0.2, -0.15) is 3.84 Å². The molecule has 4 heteroatoms. The summed E-state index contributed by atoms with van der Waals surface area (Å²) in [6, 6.07) is 0. The van der Waals surface area contributed by atoms with E-state index in [1.165, 1.54) is 0 Å². The molecule has 28 valence electrons. The Hall–Kier alpha value is 1.10. The molecule has 0 heterocycles. The first-order valence-corrected chi connectivity index (χ1v) is 0.926. The topological polar surface area (TPSA) is 9.23 Å². The van der Waals surface area contributed by atoms with E-state index < -0.39 is 0 Å². The van der Waals surface area contributed by atoms with Gasteiger partial charge in [-0.05, 0) is 0 Å². The second-order valence-electron chi connectivity index (χ2n) is 0.0583. The quantitative estimate of drug-likeness (QED) is 0.463. The van der Waals surface area contributed by atoms with Gasteiger partial charge >= 0.3 is 18.0 Å². The van der Waals surface area contributed by atoms with Crippen molar-refractivity contribution in [2.45, 2.75) is 0 Å². The van der Waals surface area contributed by atoms with E-state index in [1.54, 1.807) is 0 Å². The minimum atomic E-state index is 0. The monoisotopic (exact) mass is 164 g/mol. The molecule has 1 unspecified atom stereocenters. The van der Waals surface area contributed by atoms with Crippen LogP contribution in [0.4, 0.5) is 0 Å². The molecule has 0 amide bonds. The second-order valence-corrected chi connectivity index (χ2v) is 0.525. The van der Waals surface area contributed by atoms with Crippen LogP contribution in [0.1, 0.15) is 0 Å². The minimum absolute atomic E-state index is 0. The zero-order valence-electron chi connectivity index (χ0n) is 1.87. The molecule has 0 aromatic heterocycles. The van der Waals surface area contributed by atoms with Crippen LogP contribution in [0.3, 0.4) is 0 Å². The van der Waals surface area contributed by atoms with E-state index in [2.05, 4.69) is 27.6 Å². The van der Waals surface area contributed by atoms with Crippen molar-refractivity contribution < 1.29 is 3.84 Å². The Morgan fingerprint density at radius 2 is 1.25 bits per heavy atom. The third kappa shape index (κ3) is 11.3. The summed E-state index contributed by atoms with van der Waals surface area (Å²) in [5.74, 6) is 0. The average Bonchev–Trinajstić information content (AvgIpc) is 0.918.